The topological polar surface area (TPSA) is 72.7 Å². The molecule has 134 valence electrons. The van der Waals surface area contributed by atoms with E-state index in [1.807, 2.05) is 69.3 Å². The van der Waals surface area contributed by atoms with Crippen LogP contribution in [0.5, 0.6) is 0 Å². The van der Waals surface area contributed by atoms with Crippen molar-refractivity contribution in [2.75, 3.05) is 5.75 Å². The molecule has 0 saturated carbocycles. The van der Waals surface area contributed by atoms with Gasteiger partial charge < -0.3 is 5.32 Å². The van der Waals surface area contributed by atoms with Gasteiger partial charge in [-0.3, -0.25) is 4.79 Å². The largest absolute Gasteiger partial charge is 0.349 e. The molecule has 3 rings (SSSR count). The fourth-order valence-corrected chi connectivity index (χ4v) is 3.24. The Labute approximate surface area is 157 Å². The summed E-state index contributed by atoms with van der Waals surface area (Å²) < 4.78 is 1.75. The molecule has 0 bridgehead atoms. The van der Waals surface area contributed by atoms with E-state index in [1.165, 1.54) is 11.8 Å². The number of thioether (sulfide) groups is 1. The fraction of sp³-hybridized carbons (Fsp3) is 0.263. The van der Waals surface area contributed by atoms with Crippen molar-refractivity contribution < 1.29 is 4.79 Å². The third-order valence-electron chi connectivity index (χ3n) is 3.88. The smallest absolute Gasteiger partial charge is 0.230 e. The average molecular weight is 367 g/mol. The van der Waals surface area contributed by atoms with E-state index >= 15 is 0 Å². The van der Waals surface area contributed by atoms with E-state index in [0.717, 1.165) is 17.0 Å². The van der Waals surface area contributed by atoms with Crippen molar-refractivity contribution in [1.29, 1.82) is 0 Å². The minimum Gasteiger partial charge on any atom is -0.349 e. The van der Waals surface area contributed by atoms with Crippen LogP contribution in [0, 0.1) is 13.8 Å². The SMILES string of the molecule is Cc1cc(C)n(-c2ccc(SCC(=O)N[C@@H](C)c3ccccc3)nn2)n1. The van der Waals surface area contributed by atoms with Gasteiger partial charge in [-0.05, 0) is 44.5 Å². The monoisotopic (exact) mass is 367 g/mol. The molecule has 0 unspecified atom stereocenters. The molecule has 3 aromatic rings. The van der Waals surface area contributed by atoms with Crippen molar-refractivity contribution in [3.8, 4) is 5.82 Å². The van der Waals surface area contributed by atoms with E-state index in [2.05, 4.69) is 20.6 Å². The second-order valence-corrected chi connectivity index (χ2v) is 7.05. The van der Waals surface area contributed by atoms with Gasteiger partial charge in [-0.1, -0.05) is 42.1 Å². The highest BCUT2D eigenvalue weighted by Gasteiger charge is 2.11. The summed E-state index contributed by atoms with van der Waals surface area (Å²) in [7, 11) is 0. The molecule has 0 spiro atoms. The Balaban J connectivity index is 1.55. The lowest BCUT2D eigenvalue weighted by atomic mass is 10.1. The molecule has 0 fully saturated rings. The number of hydrogen-bond donors (Lipinski definition) is 1. The van der Waals surface area contributed by atoms with Crippen molar-refractivity contribution in [2.24, 2.45) is 0 Å². The van der Waals surface area contributed by atoms with E-state index in [0.29, 0.717) is 16.6 Å². The van der Waals surface area contributed by atoms with E-state index in [-0.39, 0.29) is 11.9 Å². The van der Waals surface area contributed by atoms with Crippen molar-refractivity contribution >= 4 is 17.7 Å². The fourth-order valence-electron chi connectivity index (χ4n) is 2.61. The average Bonchev–Trinajstić information content (AvgIpc) is 2.99. The molecule has 0 saturated heterocycles. The number of aromatic nitrogens is 4. The van der Waals surface area contributed by atoms with E-state index < -0.39 is 0 Å². The Kier molecular flexibility index (Phi) is 5.68. The van der Waals surface area contributed by atoms with Crippen LogP contribution in [-0.2, 0) is 4.79 Å². The summed E-state index contributed by atoms with van der Waals surface area (Å²) in [6.45, 7) is 5.89. The quantitative estimate of drug-likeness (QED) is 0.677. The van der Waals surface area contributed by atoms with E-state index in [9.17, 15) is 4.79 Å². The number of aryl methyl sites for hydroxylation is 2. The lowest BCUT2D eigenvalue weighted by Crippen LogP contribution is -2.28. The lowest BCUT2D eigenvalue weighted by Gasteiger charge is -2.13. The van der Waals surface area contributed by atoms with Crippen LogP contribution in [0.1, 0.15) is 29.9 Å². The number of nitrogens with one attached hydrogen (secondary N) is 1. The third-order valence-corrected chi connectivity index (χ3v) is 4.80. The zero-order chi connectivity index (χ0) is 18.5. The number of nitrogens with zero attached hydrogens (tertiary/aromatic N) is 4. The number of amides is 1. The summed E-state index contributed by atoms with van der Waals surface area (Å²) in [5.74, 6) is 0.934. The summed E-state index contributed by atoms with van der Waals surface area (Å²) in [4.78, 5) is 12.1. The summed E-state index contributed by atoms with van der Waals surface area (Å²) in [5, 5.41) is 16.5. The van der Waals surface area contributed by atoms with E-state index in [1.54, 1.807) is 4.68 Å². The van der Waals surface area contributed by atoms with Gasteiger partial charge in [0, 0.05) is 5.69 Å². The van der Waals surface area contributed by atoms with Crippen LogP contribution >= 0.6 is 11.8 Å². The molecule has 6 nitrogen and oxygen atoms in total. The Bertz CT molecular complexity index is 877. The van der Waals surface area contributed by atoms with Crippen LogP contribution in [0.15, 0.2) is 53.6 Å². The number of carbonyl (C=O) groups excluding carboxylic acids is 1. The molecule has 0 aliphatic heterocycles. The van der Waals surface area contributed by atoms with Crippen LogP contribution in [0.25, 0.3) is 5.82 Å². The molecule has 0 aliphatic rings. The van der Waals surface area contributed by atoms with Crippen LogP contribution in [0.4, 0.5) is 0 Å². The predicted octanol–water partition coefficient (Wildman–Crippen LogP) is 3.25. The molecule has 2 heterocycles. The first kappa shape index (κ1) is 18.1. The van der Waals surface area contributed by atoms with Crippen molar-refractivity contribution in [1.82, 2.24) is 25.3 Å². The Hall–Kier alpha value is -2.67. The van der Waals surface area contributed by atoms with Gasteiger partial charge in [0.25, 0.3) is 0 Å². The van der Waals surface area contributed by atoms with Crippen LogP contribution in [0.3, 0.4) is 0 Å². The van der Waals surface area contributed by atoms with Crippen molar-refractivity contribution in [3.05, 3.63) is 65.5 Å². The first-order valence-electron chi connectivity index (χ1n) is 8.37. The summed E-state index contributed by atoms with van der Waals surface area (Å²) >= 11 is 1.36. The first-order chi connectivity index (χ1) is 12.5. The molecule has 1 atom stereocenters. The van der Waals surface area contributed by atoms with Crippen molar-refractivity contribution in [2.45, 2.75) is 31.8 Å². The molecule has 0 aliphatic carbocycles. The Morgan fingerprint density at radius 1 is 1.15 bits per heavy atom. The molecule has 0 radical (unpaired) electrons. The second-order valence-electron chi connectivity index (χ2n) is 6.06. The van der Waals surface area contributed by atoms with Crippen molar-refractivity contribution in [3.63, 3.8) is 0 Å². The second kappa shape index (κ2) is 8.14. The van der Waals surface area contributed by atoms with Gasteiger partial charge >= 0.3 is 0 Å². The Morgan fingerprint density at radius 3 is 2.54 bits per heavy atom. The Morgan fingerprint density at radius 2 is 1.92 bits per heavy atom. The zero-order valence-corrected chi connectivity index (χ0v) is 15.8. The number of rotatable bonds is 6. The van der Waals surface area contributed by atoms with Gasteiger partial charge in [-0.2, -0.15) is 5.10 Å². The number of carbonyl (C=O) groups is 1. The van der Waals surface area contributed by atoms with Gasteiger partial charge in [0.15, 0.2) is 5.82 Å². The van der Waals surface area contributed by atoms with Gasteiger partial charge in [0.1, 0.15) is 5.03 Å². The normalized spacial score (nSPS) is 12.0. The molecule has 1 N–H and O–H groups in total. The third kappa shape index (κ3) is 4.49. The van der Waals surface area contributed by atoms with E-state index in [4.69, 9.17) is 0 Å². The maximum Gasteiger partial charge on any atom is 0.230 e. The molecule has 1 amide bonds. The predicted molar refractivity (Wildman–Crippen MR) is 102 cm³/mol. The standard InChI is InChI=1S/C19H21N5OS/c1-13-11-14(2)24(23-13)17-9-10-19(22-21-17)26-12-18(25)20-15(3)16-7-5-4-6-8-16/h4-11,15H,12H2,1-3H3,(H,20,25)/t15-/m0/s1. The molecular formula is C19H21N5OS. The molecule has 7 heteroatoms. The minimum atomic E-state index is -0.0317. The van der Waals surface area contributed by atoms with Gasteiger partial charge in [0.2, 0.25) is 5.91 Å². The number of hydrogen-bond acceptors (Lipinski definition) is 5. The van der Waals surface area contributed by atoms with Gasteiger partial charge in [-0.25, -0.2) is 4.68 Å². The highest BCUT2D eigenvalue weighted by atomic mass is 32.2. The summed E-state index contributed by atoms with van der Waals surface area (Å²) in [5.41, 5.74) is 3.03. The summed E-state index contributed by atoms with van der Waals surface area (Å²) in [6, 6.07) is 15.6. The highest BCUT2D eigenvalue weighted by Crippen LogP contribution is 2.17. The van der Waals surface area contributed by atoms with Crippen LogP contribution in [0.2, 0.25) is 0 Å². The van der Waals surface area contributed by atoms with Gasteiger partial charge in [-0.15, -0.1) is 10.2 Å². The highest BCUT2D eigenvalue weighted by molar-refractivity contribution is 7.99. The van der Waals surface area contributed by atoms with Gasteiger partial charge in [0.05, 0.1) is 17.5 Å². The molecule has 26 heavy (non-hydrogen) atoms. The minimum absolute atomic E-state index is 0.0243. The number of benzene rings is 1. The lowest BCUT2D eigenvalue weighted by molar-refractivity contribution is -0.119. The maximum absolute atomic E-state index is 12.1. The first-order valence-corrected chi connectivity index (χ1v) is 9.36. The summed E-state index contributed by atoms with van der Waals surface area (Å²) in [6.07, 6.45) is 0. The molecule has 1 aromatic carbocycles. The van der Waals surface area contributed by atoms with Crippen LogP contribution in [-0.4, -0.2) is 31.6 Å². The van der Waals surface area contributed by atoms with Crippen LogP contribution < -0.4 is 5.32 Å². The maximum atomic E-state index is 12.1. The zero-order valence-electron chi connectivity index (χ0n) is 15.0. The molecule has 2 aromatic heterocycles. The molecular weight excluding hydrogens is 346 g/mol.